The van der Waals surface area contributed by atoms with E-state index in [0.29, 0.717) is 31.6 Å². The minimum atomic E-state index is -3.58. The number of nitrogens with one attached hydrogen (secondary N) is 2. The standard InChI is InChI=1S/C21H27N3O3S/c1-16(2)15-24-13-12-19(18-10-6-7-11-20(18)28(24,26)27)23-21(25)22-14-17-8-4-3-5-9-17/h3-11,16,19H,12-15H2,1-2H3,(H2,22,23,25). The lowest BCUT2D eigenvalue weighted by Crippen LogP contribution is -2.38. The topological polar surface area (TPSA) is 78.5 Å². The molecule has 7 heteroatoms. The van der Waals surface area contributed by atoms with E-state index >= 15 is 0 Å². The SMILES string of the molecule is CC(C)CN1CCC(NC(=O)NCc2ccccc2)c2ccccc2S1(=O)=O. The molecule has 1 atom stereocenters. The van der Waals surface area contributed by atoms with Crippen LogP contribution in [0.15, 0.2) is 59.5 Å². The van der Waals surface area contributed by atoms with Crippen LogP contribution < -0.4 is 10.6 Å². The lowest BCUT2D eigenvalue weighted by atomic mass is 10.0. The maximum absolute atomic E-state index is 13.1. The molecule has 1 aliphatic rings. The first-order valence-electron chi connectivity index (χ1n) is 9.55. The fourth-order valence-electron chi connectivity index (χ4n) is 3.43. The van der Waals surface area contributed by atoms with Gasteiger partial charge in [-0.1, -0.05) is 62.4 Å². The van der Waals surface area contributed by atoms with E-state index < -0.39 is 10.0 Å². The molecule has 0 fully saturated rings. The van der Waals surface area contributed by atoms with E-state index in [1.165, 1.54) is 4.31 Å². The highest BCUT2D eigenvalue weighted by atomic mass is 32.2. The van der Waals surface area contributed by atoms with Crippen molar-refractivity contribution in [2.24, 2.45) is 5.92 Å². The van der Waals surface area contributed by atoms with Crippen molar-refractivity contribution in [1.82, 2.24) is 14.9 Å². The van der Waals surface area contributed by atoms with Crippen molar-refractivity contribution >= 4 is 16.1 Å². The molecule has 2 aromatic rings. The molecule has 1 unspecified atom stereocenters. The number of rotatable bonds is 5. The first-order valence-corrected chi connectivity index (χ1v) is 11.0. The number of carbonyl (C=O) groups excluding carboxylic acids is 1. The summed E-state index contributed by atoms with van der Waals surface area (Å²) >= 11 is 0. The van der Waals surface area contributed by atoms with Crippen molar-refractivity contribution in [1.29, 1.82) is 0 Å². The Labute approximate surface area is 167 Å². The van der Waals surface area contributed by atoms with Crippen LogP contribution in [0.3, 0.4) is 0 Å². The second-order valence-electron chi connectivity index (χ2n) is 7.45. The van der Waals surface area contributed by atoms with Crippen molar-refractivity contribution in [3.05, 3.63) is 65.7 Å². The molecule has 0 saturated heterocycles. The number of nitrogens with zero attached hydrogens (tertiary/aromatic N) is 1. The van der Waals surface area contributed by atoms with Gasteiger partial charge in [-0.05, 0) is 29.5 Å². The van der Waals surface area contributed by atoms with Crippen LogP contribution in [0, 0.1) is 5.92 Å². The zero-order chi connectivity index (χ0) is 20.1. The van der Waals surface area contributed by atoms with Crippen molar-refractivity contribution in [2.75, 3.05) is 13.1 Å². The van der Waals surface area contributed by atoms with Gasteiger partial charge in [0.1, 0.15) is 0 Å². The number of urea groups is 1. The molecule has 1 aliphatic heterocycles. The molecule has 2 N–H and O–H groups in total. The fraction of sp³-hybridized carbons (Fsp3) is 0.381. The molecule has 0 bridgehead atoms. The maximum atomic E-state index is 13.1. The van der Waals surface area contributed by atoms with Crippen LogP contribution in [0.2, 0.25) is 0 Å². The summed E-state index contributed by atoms with van der Waals surface area (Å²) in [5, 5.41) is 5.80. The average Bonchev–Trinajstić information content (AvgIpc) is 2.77. The second kappa shape index (κ2) is 8.75. The van der Waals surface area contributed by atoms with Crippen molar-refractivity contribution in [2.45, 2.75) is 37.8 Å². The summed E-state index contributed by atoms with van der Waals surface area (Å²) in [5.74, 6) is 0.223. The van der Waals surface area contributed by atoms with Crippen molar-refractivity contribution in [3.63, 3.8) is 0 Å². The Hall–Kier alpha value is -2.38. The van der Waals surface area contributed by atoms with Crippen LogP contribution in [-0.4, -0.2) is 31.8 Å². The summed E-state index contributed by atoms with van der Waals surface area (Å²) in [5.41, 5.74) is 1.65. The first kappa shape index (κ1) is 20.4. The largest absolute Gasteiger partial charge is 0.334 e. The van der Waals surface area contributed by atoms with Gasteiger partial charge in [-0.3, -0.25) is 0 Å². The summed E-state index contributed by atoms with van der Waals surface area (Å²) in [4.78, 5) is 12.7. The van der Waals surface area contributed by atoms with Gasteiger partial charge in [0.15, 0.2) is 0 Å². The van der Waals surface area contributed by atoms with Crippen molar-refractivity contribution in [3.8, 4) is 0 Å². The smallest absolute Gasteiger partial charge is 0.315 e. The van der Waals surface area contributed by atoms with E-state index in [2.05, 4.69) is 10.6 Å². The molecule has 1 heterocycles. The lowest BCUT2D eigenvalue weighted by molar-refractivity contribution is 0.235. The van der Waals surface area contributed by atoms with Crippen LogP contribution in [0.4, 0.5) is 4.79 Å². The number of hydrogen-bond donors (Lipinski definition) is 2. The number of sulfonamides is 1. The predicted octanol–water partition coefficient (Wildman–Crippen LogP) is 3.28. The van der Waals surface area contributed by atoms with Gasteiger partial charge in [0, 0.05) is 19.6 Å². The van der Waals surface area contributed by atoms with E-state index in [9.17, 15) is 13.2 Å². The Morgan fingerprint density at radius 2 is 1.79 bits per heavy atom. The van der Waals surface area contributed by atoms with E-state index in [1.54, 1.807) is 18.2 Å². The summed E-state index contributed by atoms with van der Waals surface area (Å²) < 4.78 is 27.7. The van der Waals surface area contributed by atoms with E-state index in [1.807, 2.05) is 50.2 Å². The van der Waals surface area contributed by atoms with Gasteiger partial charge in [0.25, 0.3) is 0 Å². The highest BCUT2D eigenvalue weighted by Crippen LogP contribution is 2.32. The summed E-state index contributed by atoms with van der Waals surface area (Å²) in [6.45, 7) is 5.25. The van der Waals surface area contributed by atoms with Crippen LogP contribution in [0.5, 0.6) is 0 Å². The highest BCUT2D eigenvalue weighted by molar-refractivity contribution is 7.89. The van der Waals surface area contributed by atoms with Crippen molar-refractivity contribution < 1.29 is 13.2 Å². The van der Waals surface area contributed by atoms with E-state index in [4.69, 9.17) is 0 Å². The van der Waals surface area contributed by atoms with Crippen LogP contribution in [-0.2, 0) is 16.6 Å². The van der Waals surface area contributed by atoms with E-state index in [-0.39, 0.29) is 22.9 Å². The molecular formula is C21H27N3O3S. The fourth-order valence-corrected chi connectivity index (χ4v) is 5.30. The molecule has 3 rings (SSSR count). The van der Waals surface area contributed by atoms with E-state index in [0.717, 1.165) is 5.56 Å². The van der Waals surface area contributed by atoms with Gasteiger partial charge in [-0.2, -0.15) is 4.31 Å². The molecular weight excluding hydrogens is 374 g/mol. The predicted molar refractivity (Wildman–Crippen MR) is 109 cm³/mol. The minimum Gasteiger partial charge on any atom is -0.334 e. The summed E-state index contributed by atoms with van der Waals surface area (Å²) in [6.07, 6.45) is 0.529. The number of amides is 2. The Morgan fingerprint density at radius 3 is 2.50 bits per heavy atom. The number of hydrogen-bond acceptors (Lipinski definition) is 3. The average molecular weight is 402 g/mol. The molecule has 0 aliphatic carbocycles. The van der Waals surface area contributed by atoms with Crippen LogP contribution in [0.1, 0.15) is 37.4 Å². The third-order valence-electron chi connectivity index (χ3n) is 4.75. The monoisotopic (exact) mass is 401 g/mol. The Morgan fingerprint density at radius 1 is 1.11 bits per heavy atom. The minimum absolute atomic E-state index is 0.223. The Balaban J connectivity index is 1.77. The lowest BCUT2D eigenvalue weighted by Gasteiger charge is -2.22. The van der Waals surface area contributed by atoms with Gasteiger partial charge >= 0.3 is 6.03 Å². The highest BCUT2D eigenvalue weighted by Gasteiger charge is 2.34. The summed E-state index contributed by atoms with van der Waals surface area (Å²) in [7, 11) is -3.58. The molecule has 0 aromatic heterocycles. The molecule has 6 nitrogen and oxygen atoms in total. The maximum Gasteiger partial charge on any atom is 0.315 e. The second-order valence-corrected chi connectivity index (χ2v) is 9.35. The molecule has 0 spiro atoms. The van der Waals surface area contributed by atoms with Gasteiger partial charge in [0.2, 0.25) is 10.0 Å². The molecule has 28 heavy (non-hydrogen) atoms. The zero-order valence-electron chi connectivity index (χ0n) is 16.3. The van der Waals surface area contributed by atoms with Gasteiger partial charge in [-0.15, -0.1) is 0 Å². The Kier molecular flexibility index (Phi) is 6.36. The van der Waals surface area contributed by atoms with Crippen LogP contribution >= 0.6 is 0 Å². The molecule has 0 saturated carbocycles. The quantitative estimate of drug-likeness (QED) is 0.807. The number of fused-ring (bicyclic) bond motifs is 1. The normalized spacial score (nSPS) is 18.9. The number of benzene rings is 2. The summed E-state index contributed by atoms with van der Waals surface area (Å²) in [6, 6.07) is 15.9. The molecule has 2 amide bonds. The third kappa shape index (κ3) is 4.72. The molecule has 2 aromatic carbocycles. The zero-order valence-corrected chi connectivity index (χ0v) is 17.1. The van der Waals surface area contributed by atoms with Gasteiger partial charge < -0.3 is 10.6 Å². The third-order valence-corrected chi connectivity index (χ3v) is 6.69. The van der Waals surface area contributed by atoms with Gasteiger partial charge in [-0.25, -0.2) is 13.2 Å². The molecule has 150 valence electrons. The number of carbonyl (C=O) groups is 1. The van der Waals surface area contributed by atoms with Gasteiger partial charge in [0.05, 0.1) is 10.9 Å². The van der Waals surface area contributed by atoms with Crippen LogP contribution in [0.25, 0.3) is 0 Å². The first-order chi connectivity index (χ1) is 13.4. The molecule has 0 radical (unpaired) electrons. The Bertz CT molecular complexity index is 914.